The molecule has 1 aliphatic rings. The molecule has 0 aromatic carbocycles. The van der Waals surface area contributed by atoms with Crippen LogP contribution in [-0.2, 0) is 9.53 Å². The molecule has 0 atom stereocenters. The van der Waals surface area contributed by atoms with Crippen molar-refractivity contribution in [2.75, 3.05) is 6.61 Å². The van der Waals surface area contributed by atoms with Gasteiger partial charge in [0.05, 0.1) is 6.61 Å². The van der Waals surface area contributed by atoms with E-state index in [1.807, 2.05) is 0 Å². The molecule has 1 saturated heterocycles. The normalized spacial score (nSPS) is 47.7. The van der Waals surface area contributed by atoms with Gasteiger partial charge in [0, 0.05) is 11.9 Å². The summed E-state index contributed by atoms with van der Waals surface area (Å²) in [6.45, 7) is -0.487. The molecule has 1 rings (SSSR count). The second-order valence-corrected chi connectivity index (χ2v) is 0.878. The lowest BCUT2D eigenvalue weighted by atomic mass is 10.4. The van der Waals surface area contributed by atoms with Gasteiger partial charge < -0.3 is 4.74 Å². The molecule has 0 unspecified atom stereocenters. The number of rotatable bonds is 0. The second-order valence-electron chi connectivity index (χ2n) is 0.878. The first-order chi connectivity index (χ1) is 4.38. The Morgan fingerprint density at radius 2 is 2.83 bits per heavy atom. The van der Waals surface area contributed by atoms with E-state index in [-0.39, 0.29) is 0 Å². The number of ether oxygens (including phenoxy) is 1. The SMILES string of the molecule is [2H]C1([2H])COC(=O)C1([2H])[2H]. The van der Waals surface area contributed by atoms with Crippen molar-refractivity contribution in [2.45, 2.75) is 12.7 Å². The van der Waals surface area contributed by atoms with E-state index in [2.05, 4.69) is 4.74 Å². The van der Waals surface area contributed by atoms with Gasteiger partial charge in [0.1, 0.15) is 0 Å². The average Bonchev–Trinajstić information content (AvgIpc) is 1.94. The Labute approximate surface area is 41.7 Å². The predicted octanol–water partition coefficient (Wildman–Crippen LogP) is 0.323. The zero-order valence-electron chi connectivity index (χ0n) is 7.02. The fourth-order valence-electron chi connectivity index (χ4n) is 0.246. The van der Waals surface area contributed by atoms with Crippen LogP contribution in [0.5, 0.6) is 0 Å². The molecular weight excluding hydrogens is 80.0 g/mol. The minimum atomic E-state index is -2.48. The van der Waals surface area contributed by atoms with Gasteiger partial charge in [0.15, 0.2) is 0 Å². The van der Waals surface area contributed by atoms with Gasteiger partial charge in [0.2, 0.25) is 0 Å². The average molecular weight is 90.1 g/mol. The van der Waals surface area contributed by atoms with Gasteiger partial charge in [-0.25, -0.2) is 0 Å². The van der Waals surface area contributed by atoms with Gasteiger partial charge in [-0.3, -0.25) is 4.79 Å². The van der Waals surface area contributed by atoms with Crippen LogP contribution in [0.15, 0.2) is 0 Å². The highest BCUT2D eigenvalue weighted by Crippen LogP contribution is 2.01. The van der Waals surface area contributed by atoms with Crippen LogP contribution in [0.3, 0.4) is 0 Å². The number of hydrogen-bond acceptors (Lipinski definition) is 2. The van der Waals surface area contributed by atoms with Crippen molar-refractivity contribution < 1.29 is 15.0 Å². The highest BCUT2D eigenvalue weighted by atomic mass is 16.5. The van der Waals surface area contributed by atoms with Gasteiger partial charge >= 0.3 is 5.97 Å². The highest BCUT2D eigenvalue weighted by molar-refractivity contribution is 5.70. The summed E-state index contributed by atoms with van der Waals surface area (Å²) < 4.78 is 31.9. The molecule has 1 heterocycles. The molecule has 0 aromatic rings. The molecular formula is C4H6O2. The number of hydrogen-bond donors (Lipinski definition) is 0. The van der Waals surface area contributed by atoms with Crippen molar-refractivity contribution in [1.82, 2.24) is 0 Å². The van der Waals surface area contributed by atoms with E-state index in [4.69, 9.17) is 5.48 Å². The summed E-state index contributed by atoms with van der Waals surface area (Å²) >= 11 is 0. The lowest BCUT2D eigenvalue weighted by molar-refractivity contribution is -0.137. The van der Waals surface area contributed by atoms with Crippen LogP contribution in [0.2, 0.25) is 0 Å². The van der Waals surface area contributed by atoms with Crippen LogP contribution in [0.25, 0.3) is 0 Å². The van der Waals surface area contributed by atoms with Crippen LogP contribution >= 0.6 is 0 Å². The topological polar surface area (TPSA) is 26.3 Å². The van der Waals surface area contributed by atoms with Crippen LogP contribution in [-0.4, -0.2) is 12.6 Å². The number of carbonyl (C=O) groups is 1. The summed E-state index contributed by atoms with van der Waals surface area (Å²) in [7, 11) is 0. The van der Waals surface area contributed by atoms with E-state index in [0.29, 0.717) is 0 Å². The third-order valence-corrected chi connectivity index (χ3v) is 0.466. The molecule has 6 heavy (non-hydrogen) atoms. The molecule has 0 N–H and O–H groups in total. The maximum Gasteiger partial charge on any atom is 0.305 e. The highest BCUT2D eigenvalue weighted by Gasteiger charge is 2.08. The van der Waals surface area contributed by atoms with Crippen LogP contribution in [0, 0.1) is 0 Å². The summed E-state index contributed by atoms with van der Waals surface area (Å²) in [6, 6.07) is 0. The van der Waals surface area contributed by atoms with E-state index in [1.54, 1.807) is 0 Å². The van der Waals surface area contributed by atoms with E-state index in [0.717, 1.165) is 0 Å². The molecule has 34 valence electrons. The van der Waals surface area contributed by atoms with Crippen molar-refractivity contribution in [1.29, 1.82) is 0 Å². The molecule has 1 aliphatic heterocycles. The summed E-state index contributed by atoms with van der Waals surface area (Å²) in [5.74, 6) is -1.11. The summed E-state index contributed by atoms with van der Waals surface area (Å²) in [5.41, 5.74) is 0. The first kappa shape index (κ1) is 1.22. The quantitative estimate of drug-likeness (QED) is 0.400. The van der Waals surface area contributed by atoms with Gasteiger partial charge in [-0.1, -0.05) is 0 Å². The molecule has 2 nitrogen and oxygen atoms in total. The first-order valence-electron chi connectivity index (χ1n) is 3.55. The second kappa shape index (κ2) is 1.29. The van der Waals surface area contributed by atoms with E-state index >= 15 is 0 Å². The molecule has 2 heteroatoms. The van der Waals surface area contributed by atoms with Crippen LogP contribution in [0.1, 0.15) is 18.2 Å². The monoisotopic (exact) mass is 90.1 g/mol. The smallest absolute Gasteiger partial charge is 0.305 e. The Morgan fingerprint density at radius 1 is 2.00 bits per heavy atom. The molecule has 0 aliphatic carbocycles. The minimum absolute atomic E-state index is 0.487. The Morgan fingerprint density at radius 3 is 3.00 bits per heavy atom. The zero-order valence-corrected chi connectivity index (χ0v) is 3.02. The van der Waals surface area contributed by atoms with Gasteiger partial charge in [-0.05, 0) is 6.37 Å². The number of carbonyl (C=O) groups excluding carboxylic acids is 1. The summed E-state index contributed by atoms with van der Waals surface area (Å²) in [6.07, 6.45) is -4.66. The van der Waals surface area contributed by atoms with E-state index in [9.17, 15) is 4.79 Å². The van der Waals surface area contributed by atoms with Crippen LogP contribution in [0.4, 0.5) is 0 Å². The van der Waals surface area contributed by atoms with Crippen molar-refractivity contribution >= 4 is 5.97 Å². The fourth-order valence-corrected chi connectivity index (χ4v) is 0.246. The Bertz CT molecular complexity index is 176. The van der Waals surface area contributed by atoms with Crippen molar-refractivity contribution in [3.63, 3.8) is 0 Å². The lowest BCUT2D eigenvalue weighted by Gasteiger charge is -1.81. The Balaban J connectivity index is 2.95. The predicted molar refractivity (Wildman–Crippen MR) is 20.2 cm³/mol. The molecule has 0 amide bonds. The van der Waals surface area contributed by atoms with Gasteiger partial charge in [0.25, 0.3) is 0 Å². The largest absolute Gasteiger partial charge is 0.466 e. The van der Waals surface area contributed by atoms with Gasteiger partial charge in [-0.15, -0.1) is 0 Å². The van der Waals surface area contributed by atoms with Crippen molar-refractivity contribution in [3.8, 4) is 0 Å². The standard InChI is InChI=1S/C4H6O2/c5-4-2-1-3-6-4/h1-3H2/i1D2,2D2. The summed E-state index contributed by atoms with van der Waals surface area (Å²) in [5, 5.41) is 0. The van der Waals surface area contributed by atoms with Crippen LogP contribution < -0.4 is 0 Å². The molecule has 1 fully saturated rings. The number of cyclic esters (lactones) is 1. The third-order valence-electron chi connectivity index (χ3n) is 0.466. The van der Waals surface area contributed by atoms with E-state index in [1.165, 1.54) is 0 Å². The molecule has 0 aromatic heterocycles. The number of esters is 1. The third kappa shape index (κ3) is 0.506. The van der Waals surface area contributed by atoms with Gasteiger partial charge in [-0.2, -0.15) is 0 Å². The molecule has 0 bridgehead atoms. The van der Waals surface area contributed by atoms with Crippen molar-refractivity contribution in [2.24, 2.45) is 0 Å². The maximum atomic E-state index is 10.5. The Hall–Kier alpha value is -0.530. The maximum absolute atomic E-state index is 10.5. The molecule has 0 radical (unpaired) electrons. The molecule has 0 saturated carbocycles. The summed E-state index contributed by atoms with van der Waals surface area (Å²) in [4.78, 5) is 10.5. The van der Waals surface area contributed by atoms with E-state index < -0.39 is 25.3 Å². The first-order valence-corrected chi connectivity index (χ1v) is 1.55. The minimum Gasteiger partial charge on any atom is -0.466 e. The fraction of sp³-hybridized carbons (Fsp3) is 0.750. The lowest BCUT2D eigenvalue weighted by Crippen LogP contribution is -1.88. The zero-order chi connectivity index (χ0) is 7.99. The molecule has 0 spiro atoms. The van der Waals surface area contributed by atoms with Crippen molar-refractivity contribution in [3.05, 3.63) is 0 Å². The Kier molecular flexibility index (Phi) is 0.261.